The minimum atomic E-state index is 0.318. The zero-order chi connectivity index (χ0) is 17.1. The fourth-order valence-electron chi connectivity index (χ4n) is 2.05. The standard InChI is InChI=1S/C16H12Cl3N5/c1-9-13(19)3-2-4-14(9)22-15-8-20-24-16(23-15)21-12-6-10(17)5-11(18)7-12/h2-8H,1H3,(H2,21,22,23,24). The third kappa shape index (κ3) is 4.06. The molecule has 5 nitrogen and oxygen atoms in total. The van der Waals surface area contributed by atoms with E-state index in [9.17, 15) is 0 Å². The maximum Gasteiger partial charge on any atom is 0.249 e. The predicted octanol–water partition coefficient (Wildman–Crippen LogP) is 5.63. The van der Waals surface area contributed by atoms with E-state index in [1.54, 1.807) is 18.2 Å². The second kappa shape index (κ2) is 7.21. The third-order valence-electron chi connectivity index (χ3n) is 3.21. The number of hydrogen-bond acceptors (Lipinski definition) is 5. The van der Waals surface area contributed by atoms with Crippen molar-refractivity contribution >= 4 is 57.9 Å². The van der Waals surface area contributed by atoms with Crippen LogP contribution in [-0.2, 0) is 0 Å². The molecule has 1 aromatic heterocycles. The van der Waals surface area contributed by atoms with Crippen LogP contribution >= 0.6 is 34.8 Å². The molecule has 0 fully saturated rings. The van der Waals surface area contributed by atoms with Crippen LogP contribution in [0, 0.1) is 6.92 Å². The van der Waals surface area contributed by atoms with Crippen LogP contribution in [0.25, 0.3) is 0 Å². The zero-order valence-corrected chi connectivity index (χ0v) is 14.8. The van der Waals surface area contributed by atoms with Gasteiger partial charge in [-0.15, -0.1) is 5.10 Å². The van der Waals surface area contributed by atoms with E-state index < -0.39 is 0 Å². The van der Waals surface area contributed by atoms with Crippen LogP contribution in [0.2, 0.25) is 15.1 Å². The molecule has 0 atom stereocenters. The van der Waals surface area contributed by atoms with Crippen molar-refractivity contribution in [3.63, 3.8) is 0 Å². The molecule has 0 unspecified atom stereocenters. The normalized spacial score (nSPS) is 10.5. The van der Waals surface area contributed by atoms with Crippen molar-refractivity contribution in [2.24, 2.45) is 0 Å². The van der Waals surface area contributed by atoms with Crippen LogP contribution in [0.4, 0.5) is 23.1 Å². The summed E-state index contributed by atoms with van der Waals surface area (Å²) >= 11 is 18.1. The van der Waals surface area contributed by atoms with Crippen LogP contribution < -0.4 is 10.6 Å². The Labute approximate surface area is 154 Å². The number of halogens is 3. The highest BCUT2D eigenvalue weighted by Crippen LogP contribution is 2.26. The van der Waals surface area contributed by atoms with Gasteiger partial charge in [-0.2, -0.15) is 10.1 Å². The highest BCUT2D eigenvalue weighted by Gasteiger charge is 2.06. The van der Waals surface area contributed by atoms with Gasteiger partial charge in [0.1, 0.15) is 0 Å². The Morgan fingerprint density at radius 1 is 0.958 bits per heavy atom. The number of anilines is 4. The minimum absolute atomic E-state index is 0.318. The van der Waals surface area contributed by atoms with E-state index in [2.05, 4.69) is 25.8 Å². The van der Waals surface area contributed by atoms with Gasteiger partial charge in [0.25, 0.3) is 0 Å². The lowest BCUT2D eigenvalue weighted by Gasteiger charge is -2.11. The monoisotopic (exact) mass is 379 g/mol. The Hall–Kier alpha value is -2.08. The Balaban J connectivity index is 1.82. The smallest absolute Gasteiger partial charge is 0.249 e. The van der Waals surface area contributed by atoms with Crippen LogP contribution in [0.5, 0.6) is 0 Å². The Kier molecular flexibility index (Phi) is 5.04. The summed E-state index contributed by atoms with van der Waals surface area (Å²) in [4.78, 5) is 4.37. The molecule has 0 amide bonds. The zero-order valence-electron chi connectivity index (χ0n) is 12.5. The summed E-state index contributed by atoms with van der Waals surface area (Å²) in [5.41, 5.74) is 2.44. The Morgan fingerprint density at radius 2 is 1.71 bits per heavy atom. The van der Waals surface area contributed by atoms with Gasteiger partial charge in [-0.1, -0.05) is 40.9 Å². The average Bonchev–Trinajstić information content (AvgIpc) is 2.51. The molecule has 0 aliphatic heterocycles. The summed E-state index contributed by atoms with van der Waals surface area (Å²) in [5.74, 6) is 0.851. The Morgan fingerprint density at radius 3 is 2.46 bits per heavy atom. The van der Waals surface area contributed by atoms with Crippen molar-refractivity contribution < 1.29 is 0 Å². The SMILES string of the molecule is Cc1c(Cl)cccc1Nc1cnnc(Nc2cc(Cl)cc(Cl)c2)n1. The number of rotatable bonds is 4. The molecule has 24 heavy (non-hydrogen) atoms. The molecule has 0 aliphatic rings. The van der Waals surface area contributed by atoms with E-state index in [4.69, 9.17) is 34.8 Å². The van der Waals surface area contributed by atoms with Crippen molar-refractivity contribution in [2.75, 3.05) is 10.6 Å². The van der Waals surface area contributed by atoms with Crippen LogP contribution in [0.3, 0.4) is 0 Å². The molecule has 0 spiro atoms. The summed E-state index contributed by atoms with van der Waals surface area (Å²) in [7, 11) is 0. The molecule has 3 rings (SSSR count). The van der Waals surface area contributed by atoms with Gasteiger partial charge in [0.2, 0.25) is 5.95 Å². The van der Waals surface area contributed by atoms with Crippen molar-refractivity contribution in [3.05, 3.63) is 63.2 Å². The molecular weight excluding hydrogens is 369 g/mol. The largest absolute Gasteiger partial charge is 0.339 e. The molecule has 3 aromatic rings. The maximum atomic E-state index is 6.12. The number of nitrogens with one attached hydrogen (secondary N) is 2. The van der Waals surface area contributed by atoms with Gasteiger partial charge in [-0.3, -0.25) is 0 Å². The van der Waals surface area contributed by atoms with Gasteiger partial charge >= 0.3 is 0 Å². The molecule has 122 valence electrons. The van der Waals surface area contributed by atoms with E-state index in [0.717, 1.165) is 11.3 Å². The minimum Gasteiger partial charge on any atom is -0.339 e. The Bertz CT molecular complexity index is 865. The van der Waals surface area contributed by atoms with Crippen LogP contribution in [0.1, 0.15) is 5.56 Å². The molecule has 1 heterocycles. The summed E-state index contributed by atoms with van der Waals surface area (Å²) in [6.07, 6.45) is 1.52. The summed E-state index contributed by atoms with van der Waals surface area (Å²) in [6, 6.07) is 10.7. The third-order valence-corrected chi connectivity index (χ3v) is 4.05. The van der Waals surface area contributed by atoms with E-state index in [1.807, 2.05) is 25.1 Å². The van der Waals surface area contributed by atoms with Gasteiger partial charge < -0.3 is 10.6 Å². The topological polar surface area (TPSA) is 62.7 Å². The molecule has 0 saturated carbocycles. The molecular formula is C16H12Cl3N5. The summed E-state index contributed by atoms with van der Waals surface area (Å²) in [6.45, 7) is 1.92. The van der Waals surface area contributed by atoms with E-state index in [-0.39, 0.29) is 0 Å². The van der Waals surface area contributed by atoms with E-state index in [1.165, 1.54) is 6.20 Å². The second-order valence-corrected chi connectivity index (χ2v) is 6.27. The van der Waals surface area contributed by atoms with Gasteiger partial charge in [0, 0.05) is 26.4 Å². The van der Waals surface area contributed by atoms with Crippen LogP contribution in [0.15, 0.2) is 42.6 Å². The second-order valence-electron chi connectivity index (χ2n) is 4.99. The van der Waals surface area contributed by atoms with Gasteiger partial charge in [-0.05, 0) is 42.8 Å². The molecule has 0 bridgehead atoms. The molecule has 2 aromatic carbocycles. The molecule has 0 radical (unpaired) electrons. The number of hydrogen-bond donors (Lipinski definition) is 2. The average molecular weight is 381 g/mol. The van der Waals surface area contributed by atoms with Crippen molar-refractivity contribution in [1.82, 2.24) is 15.2 Å². The summed E-state index contributed by atoms with van der Waals surface area (Å²) in [5, 5.41) is 15.8. The fourth-order valence-corrected chi connectivity index (χ4v) is 2.75. The highest BCUT2D eigenvalue weighted by atomic mass is 35.5. The molecule has 0 saturated heterocycles. The lowest BCUT2D eigenvalue weighted by molar-refractivity contribution is 0.982. The quantitative estimate of drug-likeness (QED) is 0.614. The highest BCUT2D eigenvalue weighted by molar-refractivity contribution is 6.35. The van der Waals surface area contributed by atoms with Crippen LogP contribution in [-0.4, -0.2) is 15.2 Å². The van der Waals surface area contributed by atoms with Crippen molar-refractivity contribution in [1.29, 1.82) is 0 Å². The van der Waals surface area contributed by atoms with Crippen molar-refractivity contribution in [2.45, 2.75) is 6.92 Å². The number of nitrogens with zero attached hydrogens (tertiary/aromatic N) is 3. The first-order valence-corrected chi connectivity index (χ1v) is 8.09. The molecule has 2 N–H and O–H groups in total. The predicted molar refractivity (Wildman–Crippen MR) is 99.0 cm³/mol. The first-order valence-electron chi connectivity index (χ1n) is 6.96. The first-order chi connectivity index (χ1) is 11.5. The molecule has 8 heteroatoms. The first kappa shape index (κ1) is 16.8. The van der Waals surface area contributed by atoms with E-state index >= 15 is 0 Å². The van der Waals surface area contributed by atoms with Gasteiger partial charge in [0.15, 0.2) is 5.82 Å². The summed E-state index contributed by atoms with van der Waals surface area (Å²) < 4.78 is 0. The molecule has 0 aliphatic carbocycles. The lowest BCUT2D eigenvalue weighted by atomic mass is 10.2. The van der Waals surface area contributed by atoms with Gasteiger partial charge in [0.05, 0.1) is 6.20 Å². The van der Waals surface area contributed by atoms with E-state index in [0.29, 0.717) is 32.5 Å². The lowest BCUT2D eigenvalue weighted by Crippen LogP contribution is -2.03. The number of aromatic nitrogens is 3. The maximum absolute atomic E-state index is 6.12. The fraction of sp³-hybridized carbons (Fsp3) is 0.0625. The van der Waals surface area contributed by atoms with Gasteiger partial charge in [-0.25, -0.2) is 0 Å². The number of benzene rings is 2. The van der Waals surface area contributed by atoms with Crippen molar-refractivity contribution in [3.8, 4) is 0 Å².